The fraction of sp³-hybridized carbons (Fsp3) is 0.562. The Morgan fingerprint density at radius 1 is 1.26 bits per heavy atom. The van der Waals surface area contributed by atoms with Crippen molar-refractivity contribution < 1.29 is 4.79 Å². The zero-order valence-electron chi connectivity index (χ0n) is 12.2. The van der Waals surface area contributed by atoms with Gasteiger partial charge in [0.05, 0.1) is 0 Å². The van der Waals surface area contributed by atoms with E-state index >= 15 is 0 Å². The normalized spacial score (nSPS) is 19.1. The van der Waals surface area contributed by atoms with Crippen LogP contribution in [0.15, 0.2) is 24.3 Å². The lowest BCUT2D eigenvalue weighted by molar-refractivity contribution is -0.119. The minimum Gasteiger partial charge on any atom is -0.355 e. The lowest BCUT2D eigenvalue weighted by Gasteiger charge is -2.41. The summed E-state index contributed by atoms with van der Waals surface area (Å²) >= 11 is 0. The highest BCUT2D eigenvalue weighted by atomic mass is 16.1. The number of carbonyl (C=O) groups excluding carboxylic acids is 1. The van der Waals surface area contributed by atoms with Gasteiger partial charge in [0.15, 0.2) is 0 Å². The first-order chi connectivity index (χ1) is 9.02. The Morgan fingerprint density at radius 2 is 1.84 bits per heavy atom. The van der Waals surface area contributed by atoms with Gasteiger partial charge >= 0.3 is 0 Å². The third kappa shape index (κ3) is 3.35. The molecule has 19 heavy (non-hydrogen) atoms. The molecular formula is C16H24N2O. The summed E-state index contributed by atoms with van der Waals surface area (Å²) in [5, 5.41) is 3.03. The van der Waals surface area contributed by atoms with E-state index in [9.17, 15) is 4.79 Å². The van der Waals surface area contributed by atoms with Crippen LogP contribution in [-0.2, 0) is 10.2 Å². The fourth-order valence-electron chi connectivity index (χ4n) is 2.81. The maximum atomic E-state index is 11.3. The number of hydrogen-bond donors (Lipinski definition) is 1. The van der Waals surface area contributed by atoms with Crippen LogP contribution in [0.4, 0.5) is 0 Å². The molecule has 0 atom stereocenters. The van der Waals surface area contributed by atoms with Gasteiger partial charge in [0.1, 0.15) is 0 Å². The molecule has 3 heteroatoms. The topological polar surface area (TPSA) is 32.3 Å². The molecule has 0 saturated carbocycles. The van der Waals surface area contributed by atoms with Crippen molar-refractivity contribution in [2.45, 2.75) is 32.1 Å². The quantitative estimate of drug-likeness (QED) is 0.902. The fourth-order valence-corrected chi connectivity index (χ4v) is 2.81. The highest BCUT2D eigenvalue weighted by Crippen LogP contribution is 2.34. The van der Waals surface area contributed by atoms with Gasteiger partial charge in [0.2, 0.25) is 5.91 Å². The van der Waals surface area contributed by atoms with E-state index in [0.717, 1.165) is 32.5 Å². The highest BCUT2D eigenvalue weighted by molar-refractivity contribution is 5.73. The van der Waals surface area contributed by atoms with E-state index in [1.165, 1.54) is 11.1 Å². The summed E-state index contributed by atoms with van der Waals surface area (Å²) in [6, 6.07) is 8.79. The van der Waals surface area contributed by atoms with Crippen molar-refractivity contribution in [3.05, 3.63) is 35.4 Å². The number of hydrogen-bond acceptors (Lipinski definition) is 2. The van der Waals surface area contributed by atoms with E-state index in [4.69, 9.17) is 0 Å². The number of aryl methyl sites for hydroxylation is 1. The predicted molar refractivity (Wildman–Crippen MR) is 78.3 cm³/mol. The molecule has 1 aliphatic rings. The van der Waals surface area contributed by atoms with E-state index in [1.807, 2.05) is 0 Å². The van der Waals surface area contributed by atoms with Gasteiger partial charge in [-0.05, 0) is 45.5 Å². The van der Waals surface area contributed by atoms with Crippen LogP contribution < -0.4 is 5.32 Å². The molecule has 0 unspecified atom stereocenters. The summed E-state index contributed by atoms with van der Waals surface area (Å²) in [5.41, 5.74) is 2.75. The Kier molecular flexibility index (Phi) is 4.25. The van der Waals surface area contributed by atoms with Crippen molar-refractivity contribution >= 4 is 5.91 Å². The van der Waals surface area contributed by atoms with Crippen molar-refractivity contribution in [2.24, 2.45) is 0 Å². The maximum Gasteiger partial charge on any atom is 0.216 e. The molecule has 104 valence electrons. The molecule has 1 amide bonds. The molecule has 0 bridgehead atoms. The molecule has 1 aromatic carbocycles. The minimum atomic E-state index is 0.0606. The number of carbonyl (C=O) groups is 1. The number of nitrogens with zero attached hydrogens (tertiary/aromatic N) is 1. The summed E-state index contributed by atoms with van der Waals surface area (Å²) in [4.78, 5) is 13.6. The molecule has 1 N–H and O–H groups in total. The second kappa shape index (κ2) is 5.74. The standard InChI is InChI=1S/C16H24N2O/c1-13-4-6-15(7-5-13)16(12-17-14(2)19)8-10-18(3)11-9-16/h4-7H,8-12H2,1-3H3,(H,17,19). The molecule has 0 aromatic heterocycles. The van der Waals surface area contributed by atoms with Gasteiger partial charge in [-0.25, -0.2) is 0 Å². The molecular weight excluding hydrogens is 236 g/mol. The number of piperidine rings is 1. The van der Waals surface area contributed by atoms with Crippen molar-refractivity contribution in [1.29, 1.82) is 0 Å². The van der Waals surface area contributed by atoms with Crippen LogP contribution in [0.25, 0.3) is 0 Å². The van der Waals surface area contributed by atoms with Crippen LogP contribution in [-0.4, -0.2) is 37.5 Å². The average molecular weight is 260 g/mol. The Labute approximate surface area is 116 Å². The van der Waals surface area contributed by atoms with Crippen LogP contribution in [0.5, 0.6) is 0 Å². The summed E-state index contributed by atoms with van der Waals surface area (Å²) in [5.74, 6) is 0.0606. The highest BCUT2D eigenvalue weighted by Gasteiger charge is 2.35. The molecule has 1 fully saturated rings. The monoisotopic (exact) mass is 260 g/mol. The second-order valence-corrected chi connectivity index (χ2v) is 5.86. The lowest BCUT2D eigenvalue weighted by Crippen LogP contribution is -2.47. The van der Waals surface area contributed by atoms with Gasteiger partial charge in [-0.1, -0.05) is 29.8 Å². The molecule has 3 nitrogen and oxygen atoms in total. The van der Waals surface area contributed by atoms with Crippen LogP contribution in [0, 0.1) is 6.92 Å². The van der Waals surface area contributed by atoms with Gasteiger partial charge in [0.25, 0.3) is 0 Å². The molecule has 1 saturated heterocycles. The van der Waals surface area contributed by atoms with Gasteiger partial charge in [-0.3, -0.25) is 4.79 Å². The zero-order valence-corrected chi connectivity index (χ0v) is 12.2. The summed E-state index contributed by atoms with van der Waals surface area (Å²) < 4.78 is 0. The van der Waals surface area contributed by atoms with Gasteiger partial charge in [-0.2, -0.15) is 0 Å². The summed E-state index contributed by atoms with van der Waals surface area (Å²) in [6.07, 6.45) is 2.21. The third-order valence-corrected chi connectivity index (χ3v) is 4.28. The van der Waals surface area contributed by atoms with Crippen LogP contribution in [0.2, 0.25) is 0 Å². The van der Waals surface area contributed by atoms with E-state index in [2.05, 4.69) is 48.5 Å². The van der Waals surface area contributed by atoms with E-state index in [1.54, 1.807) is 6.92 Å². The predicted octanol–water partition coefficient (Wildman–Crippen LogP) is 2.09. The van der Waals surface area contributed by atoms with E-state index < -0.39 is 0 Å². The van der Waals surface area contributed by atoms with Crippen molar-refractivity contribution in [2.75, 3.05) is 26.7 Å². The van der Waals surface area contributed by atoms with Crippen molar-refractivity contribution in [1.82, 2.24) is 10.2 Å². The summed E-state index contributed by atoms with van der Waals surface area (Å²) in [7, 11) is 2.16. The average Bonchev–Trinajstić information content (AvgIpc) is 2.39. The van der Waals surface area contributed by atoms with Crippen molar-refractivity contribution in [3.63, 3.8) is 0 Å². The van der Waals surface area contributed by atoms with Gasteiger partial charge < -0.3 is 10.2 Å². The molecule has 1 aliphatic heterocycles. The maximum absolute atomic E-state index is 11.3. The molecule has 2 rings (SSSR count). The van der Waals surface area contributed by atoms with Gasteiger partial charge in [-0.15, -0.1) is 0 Å². The Balaban J connectivity index is 2.22. The smallest absolute Gasteiger partial charge is 0.216 e. The largest absolute Gasteiger partial charge is 0.355 e. The number of nitrogens with one attached hydrogen (secondary N) is 1. The van der Waals surface area contributed by atoms with Crippen LogP contribution in [0.3, 0.4) is 0 Å². The Hall–Kier alpha value is -1.35. The van der Waals surface area contributed by atoms with E-state index in [-0.39, 0.29) is 11.3 Å². The van der Waals surface area contributed by atoms with Gasteiger partial charge in [0, 0.05) is 18.9 Å². The summed E-state index contributed by atoms with van der Waals surface area (Å²) in [6.45, 7) is 6.64. The number of benzene rings is 1. The molecule has 1 heterocycles. The molecule has 0 spiro atoms. The first-order valence-electron chi connectivity index (χ1n) is 7.02. The minimum absolute atomic E-state index is 0.0606. The molecule has 0 radical (unpaired) electrons. The van der Waals surface area contributed by atoms with Crippen LogP contribution >= 0.6 is 0 Å². The number of likely N-dealkylation sites (tertiary alicyclic amines) is 1. The Morgan fingerprint density at radius 3 is 2.37 bits per heavy atom. The zero-order chi connectivity index (χ0) is 13.9. The van der Waals surface area contributed by atoms with Crippen molar-refractivity contribution in [3.8, 4) is 0 Å². The first-order valence-corrected chi connectivity index (χ1v) is 7.02. The first kappa shape index (κ1) is 14.1. The lowest BCUT2D eigenvalue weighted by atomic mass is 9.72. The SMILES string of the molecule is CC(=O)NCC1(c2ccc(C)cc2)CCN(C)CC1. The number of rotatable bonds is 3. The Bertz CT molecular complexity index is 431. The van der Waals surface area contributed by atoms with E-state index in [0.29, 0.717) is 0 Å². The second-order valence-electron chi connectivity index (χ2n) is 5.86. The number of amides is 1. The third-order valence-electron chi connectivity index (χ3n) is 4.28. The molecule has 1 aromatic rings. The van der Waals surface area contributed by atoms with Crippen LogP contribution in [0.1, 0.15) is 30.9 Å². The molecule has 0 aliphatic carbocycles.